The summed E-state index contributed by atoms with van der Waals surface area (Å²) in [6, 6.07) is 18.2. The highest BCUT2D eigenvalue weighted by Gasteiger charge is 2.53. The van der Waals surface area contributed by atoms with Gasteiger partial charge >= 0.3 is 0 Å². The lowest BCUT2D eigenvalue weighted by Crippen LogP contribution is -2.48. The molecule has 3 heterocycles. The van der Waals surface area contributed by atoms with Crippen LogP contribution in [0.1, 0.15) is 47.4 Å². The average molecular weight is 663 g/mol. The van der Waals surface area contributed by atoms with E-state index in [0.29, 0.717) is 47.9 Å². The number of anilines is 1. The number of hydrogen-bond acceptors (Lipinski definition) is 9. The number of amides is 3. The Hall–Kier alpha value is -5.01. The maximum absolute atomic E-state index is 13.7. The van der Waals surface area contributed by atoms with E-state index in [9.17, 15) is 14.4 Å². The molecule has 2 aliphatic carbocycles. The summed E-state index contributed by atoms with van der Waals surface area (Å²) >= 11 is 0. The first-order chi connectivity index (χ1) is 23.9. The van der Waals surface area contributed by atoms with Crippen LogP contribution in [0.5, 0.6) is 0 Å². The molecule has 2 saturated carbocycles. The van der Waals surface area contributed by atoms with E-state index >= 15 is 0 Å². The lowest BCUT2D eigenvalue weighted by molar-refractivity contribution is -0.130. The summed E-state index contributed by atoms with van der Waals surface area (Å²) in [6.07, 6.45) is 3.67. The smallest absolute Gasteiger partial charge is 0.270 e. The van der Waals surface area contributed by atoms with Crippen molar-refractivity contribution < 1.29 is 14.4 Å². The molecule has 2 aromatic heterocycles. The topological polar surface area (TPSA) is 193 Å². The number of nitrogens with two attached hydrogens (primary N) is 1. The first-order valence-electron chi connectivity index (χ1n) is 17.1. The van der Waals surface area contributed by atoms with Crippen molar-refractivity contribution in [3.8, 4) is 22.5 Å². The van der Waals surface area contributed by atoms with Crippen LogP contribution in [0.2, 0.25) is 0 Å². The van der Waals surface area contributed by atoms with Crippen molar-refractivity contribution in [2.24, 2.45) is 29.4 Å². The highest BCUT2D eigenvalue weighted by atomic mass is 16.2. The SMILES string of the molecule is Cc1nc(C(=O)NC2C3CNCC32)ccc1-c1ccc(C[C@H](NC(=O)[C@H]2CC[C@H](CN)CC2)C(=O)Nc2ccc(-c3nn[nH]n3)cc2)cc1. The number of aryl methyl sites for hydroxylation is 1. The lowest BCUT2D eigenvalue weighted by atomic mass is 9.81. The standard InChI is InChI=1S/C36H42N10O3/c1-20-27(14-15-30(39-20)35(48)42-32-28-18-38-19-29(28)32)23-6-2-21(3-7-23)16-31(41-34(47)25-8-4-22(17-37)5-9-25)36(49)40-26-12-10-24(11-13-26)33-43-45-46-44-33/h2-3,6-7,10-15,22,25,28-29,31-32,38H,4-5,8-9,16-19,37H2,1H3,(H,40,49)(H,41,47)(H,42,48)(H,43,44,45,46)/t22-,25-,28?,29?,31-,32?/m0/s1. The second-order valence-electron chi connectivity index (χ2n) is 13.5. The van der Waals surface area contributed by atoms with Gasteiger partial charge in [-0.05, 0) is 104 Å². The van der Waals surface area contributed by atoms with Gasteiger partial charge in [0, 0.05) is 54.0 Å². The van der Waals surface area contributed by atoms with E-state index < -0.39 is 6.04 Å². The largest absolute Gasteiger partial charge is 0.347 e. The number of pyridine rings is 1. The van der Waals surface area contributed by atoms with Crippen molar-refractivity contribution in [3.05, 3.63) is 77.6 Å². The monoisotopic (exact) mass is 662 g/mol. The van der Waals surface area contributed by atoms with Crippen LogP contribution in [0, 0.1) is 30.6 Å². The van der Waals surface area contributed by atoms with E-state index in [0.717, 1.165) is 66.7 Å². The molecule has 3 atom stereocenters. The Morgan fingerprint density at radius 2 is 1.63 bits per heavy atom. The summed E-state index contributed by atoms with van der Waals surface area (Å²) in [5.74, 6) is 1.29. The number of fused-ring (bicyclic) bond motifs is 1. The number of benzene rings is 2. The van der Waals surface area contributed by atoms with E-state index in [4.69, 9.17) is 5.73 Å². The van der Waals surface area contributed by atoms with Gasteiger partial charge in [0.25, 0.3) is 5.91 Å². The number of nitrogens with zero attached hydrogens (tertiary/aromatic N) is 4. The zero-order valence-electron chi connectivity index (χ0n) is 27.5. The van der Waals surface area contributed by atoms with Crippen molar-refractivity contribution in [1.82, 2.24) is 41.6 Å². The Bertz CT molecular complexity index is 1780. The Labute approximate surface area is 284 Å². The molecule has 1 aliphatic heterocycles. The molecule has 2 unspecified atom stereocenters. The molecule has 1 saturated heterocycles. The molecule has 4 aromatic rings. The number of aromatic amines is 1. The molecular weight excluding hydrogens is 620 g/mol. The molecular formula is C36H42N10O3. The maximum Gasteiger partial charge on any atom is 0.270 e. The summed E-state index contributed by atoms with van der Waals surface area (Å²) in [5.41, 5.74) is 11.2. The normalized spacial score (nSPS) is 23.3. The highest BCUT2D eigenvalue weighted by Crippen LogP contribution is 2.41. The number of piperidine rings is 1. The van der Waals surface area contributed by atoms with Crippen LogP contribution in [0.15, 0.2) is 60.7 Å². The highest BCUT2D eigenvalue weighted by molar-refractivity contribution is 5.98. The molecule has 0 radical (unpaired) electrons. The Morgan fingerprint density at radius 1 is 0.918 bits per heavy atom. The van der Waals surface area contributed by atoms with Crippen LogP contribution in [0.25, 0.3) is 22.5 Å². The summed E-state index contributed by atoms with van der Waals surface area (Å²) in [6.45, 7) is 4.46. The molecule has 0 spiro atoms. The number of rotatable bonds is 11. The molecule has 3 aliphatic rings. The fraction of sp³-hybridized carbons (Fsp3) is 0.417. The van der Waals surface area contributed by atoms with Crippen LogP contribution in [0.3, 0.4) is 0 Å². The van der Waals surface area contributed by atoms with E-state index in [1.807, 2.05) is 37.3 Å². The fourth-order valence-corrected chi connectivity index (χ4v) is 7.28. The predicted octanol–water partition coefficient (Wildman–Crippen LogP) is 2.62. The fourth-order valence-electron chi connectivity index (χ4n) is 7.28. The molecule has 13 nitrogen and oxygen atoms in total. The third kappa shape index (κ3) is 7.37. The number of H-pyrrole nitrogens is 1. The molecule has 3 fully saturated rings. The Kier molecular flexibility index (Phi) is 9.45. The maximum atomic E-state index is 13.7. The predicted molar refractivity (Wildman–Crippen MR) is 184 cm³/mol. The quantitative estimate of drug-likeness (QED) is 0.140. The molecule has 0 bridgehead atoms. The summed E-state index contributed by atoms with van der Waals surface area (Å²) in [4.78, 5) is 44.5. The van der Waals surface area contributed by atoms with Crippen LogP contribution < -0.4 is 27.0 Å². The van der Waals surface area contributed by atoms with E-state index in [-0.39, 0.29) is 29.7 Å². The van der Waals surface area contributed by atoms with Gasteiger partial charge in [-0.15, -0.1) is 10.2 Å². The lowest BCUT2D eigenvalue weighted by Gasteiger charge is -2.28. The van der Waals surface area contributed by atoms with Gasteiger partial charge in [0.2, 0.25) is 17.6 Å². The average Bonchev–Trinajstić information content (AvgIpc) is 3.52. The number of carbonyl (C=O) groups excluding carboxylic acids is 3. The first kappa shape index (κ1) is 32.5. The van der Waals surface area contributed by atoms with Crippen molar-refractivity contribution in [2.75, 3.05) is 25.0 Å². The first-order valence-corrected chi connectivity index (χ1v) is 17.1. The van der Waals surface area contributed by atoms with Gasteiger partial charge in [-0.3, -0.25) is 14.4 Å². The van der Waals surface area contributed by atoms with Crippen LogP contribution in [-0.4, -0.2) is 75.0 Å². The number of carbonyl (C=O) groups is 3. The number of nitrogens with one attached hydrogen (secondary N) is 5. The second kappa shape index (κ2) is 14.2. The zero-order valence-corrected chi connectivity index (χ0v) is 27.5. The third-order valence-electron chi connectivity index (χ3n) is 10.4. The summed E-state index contributed by atoms with van der Waals surface area (Å²) in [5, 5.41) is 26.5. The van der Waals surface area contributed by atoms with Crippen molar-refractivity contribution in [1.29, 1.82) is 0 Å². The number of aromatic nitrogens is 5. The minimum absolute atomic E-state index is 0.105. The van der Waals surface area contributed by atoms with Gasteiger partial charge in [0.15, 0.2) is 0 Å². The van der Waals surface area contributed by atoms with E-state index in [1.54, 1.807) is 30.3 Å². The van der Waals surface area contributed by atoms with Gasteiger partial charge < -0.3 is 27.0 Å². The minimum atomic E-state index is -0.787. The minimum Gasteiger partial charge on any atom is -0.347 e. The molecule has 13 heteroatoms. The summed E-state index contributed by atoms with van der Waals surface area (Å²) < 4.78 is 0. The number of tetrazole rings is 1. The van der Waals surface area contributed by atoms with Gasteiger partial charge in [-0.1, -0.05) is 30.3 Å². The molecule has 2 aromatic carbocycles. The zero-order chi connectivity index (χ0) is 33.9. The number of hydrogen-bond donors (Lipinski definition) is 6. The van der Waals surface area contributed by atoms with Gasteiger partial charge in [0.1, 0.15) is 11.7 Å². The Balaban J connectivity index is 1.03. The van der Waals surface area contributed by atoms with Crippen LogP contribution >= 0.6 is 0 Å². The van der Waals surface area contributed by atoms with Crippen molar-refractivity contribution >= 4 is 23.4 Å². The van der Waals surface area contributed by atoms with Crippen molar-refractivity contribution in [2.45, 2.75) is 51.1 Å². The summed E-state index contributed by atoms with van der Waals surface area (Å²) in [7, 11) is 0. The van der Waals surface area contributed by atoms with Gasteiger partial charge in [-0.2, -0.15) is 5.21 Å². The molecule has 7 N–H and O–H groups in total. The van der Waals surface area contributed by atoms with Crippen LogP contribution in [-0.2, 0) is 16.0 Å². The molecule has 7 rings (SSSR count). The molecule has 3 amide bonds. The third-order valence-corrected chi connectivity index (χ3v) is 10.4. The second-order valence-corrected chi connectivity index (χ2v) is 13.5. The van der Waals surface area contributed by atoms with Crippen molar-refractivity contribution in [3.63, 3.8) is 0 Å². The van der Waals surface area contributed by atoms with Gasteiger partial charge in [0.05, 0.1) is 0 Å². The van der Waals surface area contributed by atoms with Gasteiger partial charge in [-0.25, -0.2) is 4.98 Å². The molecule has 49 heavy (non-hydrogen) atoms. The van der Waals surface area contributed by atoms with E-state index in [2.05, 4.69) is 46.9 Å². The van der Waals surface area contributed by atoms with Crippen LogP contribution in [0.4, 0.5) is 5.69 Å². The Morgan fingerprint density at radius 3 is 2.29 bits per heavy atom. The molecule has 254 valence electrons. The van der Waals surface area contributed by atoms with E-state index in [1.165, 1.54) is 0 Å².